The lowest BCUT2D eigenvalue weighted by atomic mass is 9.49. The highest BCUT2D eigenvalue weighted by Gasteiger charge is 2.73. The third-order valence-corrected chi connectivity index (χ3v) is 10.4. The van der Waals surface area contributed by atoms with Gasteiger partial charge in [-0.25, -0.2) is 4.79 Å². The van der Waals surface area contributed by atoms with Gasteiger partial charge in [0.2, 0.25) is 0 Å². The van der Waals surface area contributed by atoms with Crippen LogP contribution < -0.4 is 10.1 Å². The molecule has 2 saturated carbocycles. The van der Waals surface area contributed by atoms with Crippen molar-refractivity contribution in [2.45, 2.75) is 92.9 Å². The molecule has 3 fully saturated rings. The average Bonchev–Trinajstić information content (AvgIpc) is 3.65. The van der Waals surface area contributed by atoms with Gasteiger partial charge in [-0.3, -0.25) is 9.69 Å². The lowest BCUT2D eigenvalue weighted by Crippen LogP contribution is -2.76. The minimum absolute atomic E-state index is 0.0283. The number of aromatic hydroxyl groups is 1. The van der Waals surface area contributed by atoms with Crippen molar-refractivity contribution in [1.82, 2.24) is 10.2 Å². The van der Waals surface area contributed by atoms with Crippen LogP contribution in [0.1, 0.15) is 68.9 Å². The topological polar surface area (TPSA) is 129 Å². The summed E-state index contributed by atoms with van der Waals surface area (Å²) < 4.78 is 11.4. The Hall–Kier alpha value is -2.78. The van der Waals surface area contributed by atoms with E-state index in [9.17, 15) is 24.9 Å². The number of ether oxygens (including phenoxy) is 2. The maximum atomic E-state index is 13.9. The Morgan fingerprint density at radius 2 is 1.92 bits per heavy atom. The molecule has 1 aromatic carbocycles. The minimum atomic E-state index is -1.39. The first-order valence-corrected chi connectivity index (χ1v) is 14.1. The van der Waals surface area contributed by atoms with E-state index < -0.39 is 34.5 Å². The van der Waals surface area contributed by atoms with Crippen LogP contribution in [0.3, 0.4) is 0 Å². The van der Waals surface area contributed by atoms with E-state index in [4.69, 9.17) is 9.47 Å². The SMILES string of the molecule is COC(=O)C1(NC(=O)C2=C(O)[C@@H]3Oc4c(O)ccc5c4[C@@]34CCN(CC3CC3)[C@H](C5)[C@]4(O)C2)CCCCC1. The van der Waals surface area contributed by atoms with Crippen molar-refractivity contribution in [3.8, 4) is 11.5 Å². The second-order valence-corrected chi connectivity index (χ2v) is 12.4. The smallest absolute Gasteiger partial charge is 0.331 e. The lowest BCUT2D eigenvalue weighted by molar-refractivity contribution is -0.173. The largest absolute Gasteiger partial charge is 0.508 e. The molecule has 2 aliphatic heterocycles. The third-order valence-electron chi connectivity index (χ3n) is 10.4. The summed E-state index contributed by atoms with van der Waals surface area (Å²) in [7, 11) is 1.32. The van der Waals surface area contributed by atoms with Crippen LogP contribution in [0.25, 0.3) is 0 Å². The third kappa shape index (κ3) is 3.06. The van der Waals surface area contributed by atoms with Gasteiger partial charge < -0.3 is 30.1 Å². The monoisotopic (exact) mass is 524 g/mol. The quantitative estimate of drug-likeness (QED) is 0.432. The summed E-state index contributed by atoms with van der Waals surface area (Å²) in [4.78, 5) is 29.1. The van der Waals surface area contributed by atoms with Crippen molar-refractivity contribution in [2.75, 3.05) is 20.2 Å². The van der Waals surface area contributed by atoms with E-state index in [1.165, 1.54) is 20.0 Å². The van der Waals surface area contributed by atoms with Gasteiger partial charge in [0.25, 0.3) is 5.91 Å². The number of nitrogens with zero attached hydrogens (tertiary/aromatic N) is 1. The van der Waals surface area contributed by atoms with Crippen molar-refractivity contribution < 1.29 is 34.4 Å². The number of carbonyl (C=O) groups excluding carboxylic acids is 2. The van der Waals surface area contributed by atoms with Crippen molar-refractivity contribution in [3.63, 3.8) is 0 Å². The Kier molecular flexibility index (Phi) is 5.18. The number of phenols is 1. The second kappa shape index (κ2) is 8.11. The highest BCUT2D eigenvalue weighted by atomic mass is 16.5. The molecule has 38 heavy (non-hydrogen) atoms. The highest BCUT2D eigenvalue weighted by Crippen LogP contribution is 2.66. The number of amides is 1. The number of piperidine rings is 1. The summed E-state index contributed by atoms with van der Waals surface area (Å²) in [5.74, 6) is -0.381. The summed E-state index contributed by atoms with van der Waals surface area (Å²) in [5, 5.41) is 38.0. The first-order valence-electron chi connectivity index (χ1n) is 14.1. The molecule has 2 bridgehead atoms. The van der Waals surface area contributed by atoms with Crippen LogP contribution >= 0.6 is 0 Å². The number of esters is 1. The summed E-state index contributed by atoms with van der Waals surface area (Å²) >= 11 is 0. The van der Waals surface area contributed by atoms with Crippen molar-refractivity contribution in [2.24, 2.45) is 5.92 Å². The van der Waals surface area contributed by atoms with Crippen LogP contribution in [0.5, 0.6) is 11.5 Å². The maximum absolute atomic E-state index is 13.9. The summed E-state index contributed by atoms with van der Waals surface area (Å²) in [6, 6.07) is 3.26. The fourth-order valence-electron chi connectivity index (χ4n) is 8.39. The zero-order chi connectivity index (χ0) is 26.4. The van der Waals surface area contributed by atoms with Gasteiger partial charge in [0.05, 0.1) is 23.7 Å². The first kappa shape index (κ1) is 24.3. The standard InChI is InChI=1S/C29H36N2O7/c1-37-26(35)27(9-3-2-4-10-27)30-25(34)18-14-29(36)20-13-17-7-8-19(32)23-21(17)28(29,24(38-23)22(18)33)11-12-31(20)15-16-5-6-16/h7-8,16,20,24,32-33,36H,2-6,9-15H2,1H3,(H,30,34)/t20-,24+,28+,29-/m1/s1. The number of aliphatic hydroxyl groups is 2. The molecule has 7 rings (SSSR count). The Labute approximate surface area is 221 Å². The highest BCUT2D eigenvalue weighted by molar-refractivity contribution is 5.99. The molecule has 0 radical (unpaired) electrons. The minimum Gasteiger partial charge on any atom is -0.508 e. The molecule has 0 aromatic heterocycles. The predicted octanol–water partition coefficient (Wildman–Crippen LogP) is 2.37. The van der Waals surface area contributed by atoms with E-state index in [-0.39, 0.29) is 29.5 Å². The number of nitrogens with one attached hydrogen (secondary N) is 1. The van der Waals surface area contributed by atoms with Crippen LogP contribution in [0, 0.1) is 5.92 Å². The van der Waals surface area contributed by atoms with Crippen molar-refractivity contribution in [3.05, 3.63) is 34.6 Å². The maximum Gasteiger partial charge on any atom is 0.331 e. The van der Waals surface area contributed by atoms with Crippen LogP contribution in [0.4, 0.5) is 0 Å². The lowest BCUT2D eigenvalue weighted by Gasteiger charge is -2.62. The van der Waals surface area contributed by atoms with E-state index in [2.05, 4.69) is 10.2 Å². The van der Waals surface area contributed by atoms with E-state index in [1.54, 1.807) is 6.07 Å². The van der Waals surface area contributed by atoms with Crippen LogP contribution in [0.2, 0.25) is 0 Å². The molecule has 9 nitrogen and oxygen atoms in total. The van der Waals surface area contributed by atoms with E-state index in [1.807, 2.05) is 6.07 Å². The zero-order valence-corrected chi connectivity index (χ0v) is 21.8. The molecule has 1 amide bonds. The van der Waals surface area contributed by atoms with E-state index in [0.29, 0.717) is 37.4 Å². The Bertz CT molecular complexity index is 1250. The van der Waals surface area contributed by atoms with Crippen LogP contribution in [0.15, 0.2) is 23.5 Å². The number of aliphatic hydroxyl groups excluding tert-OH is 1. The number of likely N-dealkylation sites (tertiary alicyclic amines) is 1. The predicted molar refractivity (Wildman–Crippen MR) is 136 cm³/mol. The normalized spacial score (nSPS) is 34.8. The summed E-state index contributed by atoms with van der Waals surface area (Å²) in [5.41, 5.74) is -1.66. The molecule has 1 spiro atoms. The molecular weight excluding hydrogens is 488 g/mol. The molecule has 204 valence electrons. The van der Waals surface area contributed by atoms with Gasteiger partial charge in [-0.05, 0) is 62.6 Å². The second-order valence-electron chi connectivity index (χ2n) is 12.4. The number of benzene rings is 1. The van der Waals surface area contributed by atoms with Gasteiger partial charge in [-0.1, -0.05) is 25.3 Å². The van der Waals surface area contributed by atoms with Gasteiger partial charge in [0.1, 0.15) is 11.3 Å². The number of methoxy groups -OCH3 is 1. The fraction of sp³-hybridized carbons (Fsp3) is 0.655. The first-order chi connectivity index (χ1) is 18.2. The summed E-state index contributed by atoms with van der Waals surface area (Å²) in [6.07, 6.45) is 5.94. The van der Waals surface area contributed by atoms with Gasteiger partial charge >= 0.3 is 5.97 Å². The Balaban J connectivity index is 1.33. The van der Waals surface area contributed by atoms with E-state index >= 15 is 0 Å². The van der Waals surface area contributed by atoms with Crippen molar-refractivity contribution >= 4 is 11.9 Å². The Morgan fingerprint density at radius 3 is 2.63 bits per heavy atom. The van der Waals surface area contributed by atoms with Crippen molar-refractivity contribution in [1.29, 1.82) is 0 Å². The number of carbonyl (C=O) groups is 2. The molecule has 0 unspecified atom stereocenters. The zero-order valence-electron chi connectivity index (χ0n) is 21.8. The number of hydrogen-bond acceptors (Lipinski definition) is 8. The molecule has 4 N–H and O–H groups in total. The van der Waals surface area contributed by atoms with Crippen LogP contribution in [-0.4, -0.2) is 75.6 Å². The molecule has 1 saturated heterocycles. The molecule has 4 atom stereocenters. The molecule has 4 aliphatic carbocycles. The number of hydrogen-bond donors (Lipinski definition) is 4. The van der Waals surface area contributed by atoms with Gasteiger partial charge in [-0.2, -0.15) is 0 Å². The molecular formula is C29H36N2O7. The molecule has 9 heteroatoms. The van der Waals surface area contributed by atoms with Gasteiger partial charge in [0.15, 0.2) is 17.6 Å². The average molecular weight is 525 g/mol. The van der Waals surface area contributed by atoms with Gasteiger partial charge in [-0.15, -0.1) is 0 Å². The fourth-order valence-corrected chi connectivity index (χ4v) is 8.39. The molecule has 2 heterocycles. The van der Waals surface area contributed by atoms with E-state index in [0.717, 1.165) is 43.5 Å². The summed E-state index contributed by atoms with van der Waals surface area (Å²) in [6.45, 7) is 1.65. The van der Waals surface area contributed by atoms with Crippen LogP contribution in [-0.2, 0) is 26.2 Å². The number of rotatable bonds is 5. The number of phenolic OH excluding ortho intramolecular Hbond substituents is 1. The molecule has 6 aliphatic rings. The molecule has 1 aromatic rings. The Morgan fingerprint density at radius 1 is 1.16 bits per heavy atom. The van der Waals surface area contributed by atoms with Gasteiger partial charge in [0, 0.05) is 24.6 Å².